The first-order valence-corrected chi connectivity index (χ1v) is 9.71. The van der Waals surface area contributed by atoms with Crippen LogP contribution in [0.15, 0.2) is 42.8 Å². The van der Waals surface area contributed by atoms with Crippen LogP contribution in [-0.2, 0) is 16.0 Å². The number of amides is 2. The third kappa shape index (κ3) is 3.14. The van der Waals surface area contributed by atoms with Crippen LogP contribution in [0.5, 0.6) is 0 Å². The van der Waals surface area contributed by atoms with Gasteiger partial charge in [0.2, 0.25) is 23.5 Å². The minimum absolute atomic E-state index is 0.163. The number of thiazole rings is 1. The number of rotatable bonds is 4. The molecule has 1 atom stereocenters. The zero-order chi connectivity index (χ0) is 20.0. The van der Waals surface area contributed by atoms with Crippen molar-refractivity contribution in [2.24, 2.45) is 0 Å². The standard InChI is InChI=1S/C18H13N5O5S/c24-14-4-2-11(17(25)20-14)23-12-5-9(1-3-13(12)27-18(23)26)6-15-21-16(22-28-15)10-7-29-8-19-10/h1,3,5,7-8,11H,2,4,6H2,(H,20,24,25). The second kappa shape index (κ2) is 6.78. The number of hydrogen-bond donors (Lipinski definition) is 1. The summed E-state index contributed by atoms with van der Waals surface area (Å²) < 4.78 is 11.9. The van der Waals surface area contributed by atoms with E-state index < -0.39 is 17.7 Å². The van der Waals surface area contributed by atoms with Crippen molar-refractivity contribution >= 4 is 34.3 Å². The smallest absolute Gasteiger partial charge is 0.408 e. The number of hydrogen-bond acceptors (Lipinski definition) is 9. The molecule has 0 saturated carbocycles. The van der Waals surface area contributed by atoms with E-state index in [-0.39, 0.29) is 18.7 Å². The fourth-order valence-electron chi connectivity index (χ4n) is 3.34. The number of oxazole rings is 1. The van der Waals surface area contributed by atoms with Crippen LogP contribution >= 0.6 is 11.3 Å². The Kier molecular flexibility index (Phi) is 4.09. The molecule has 11 heteroatoms. The monoisotopic (exact) mass is 411 g/mol. The molecule has 3 aromatic heterocycles. The van der Waals surface area contributed by atoms with Crippen molar-refractivity contribution in [1.82, 2.24) is 25.0 Å². The number of carbonyl (C=O) groups is 2. The number of fused-ring (bicyclic) bond motifs is 1. The van der Waals surface area contributed by atoms with Crippen molar-refractivity contribution in [1.29, 1.82) is 0 Å². The zero-order valence-corrected chi connectivity index (χ0v) is 15.6. The molecule has 1 unspecified atom stereocenters. The Morgan fingerprint density at radius 2 is 2.17 bits per heavy atom. The predicted octanol–water partition coefficient (Wildman–Crippen LogP) is 1.67. The summed E-state index contributed by atoms with van der Waals surface area (Å²) in [6.45, 7) is 0. The number of aromatic nitrogens is 4. The molecule has 1 fully saturated rings. The molecule has 0 radical (unpaired) electrons. The first kappa shape index (κ1) is 17.5. The van der Waals surface area contributed by atoms with E-state index in [2.05, 4.69) is 20.4 Å². The van der Waals surface area contributed by atoms with Crippen LogP contribution in [0, 0.1) is 0 Å². The highest BCUT2D eigenvalue weighted by Crippen LogP contribution is 2.25. The lowest BCUT2D eigenvalue weighted by molar-refractivity contribution is -0.135. The summed E-state index contributed by atoms with van der Waals surface area (Å²) in [7, 11) is 0. The van der Waals surface area contributed by atoms with Crippen molar-refractivity contribution in [3.05, 3.63) is 51.1 Å². The number of carbonyl (C=O) groups excluding carboxylic acids is 2. The van der Waals surface area contributed by atoms with Gasteiger partial charge in [0.1, 0.15) is 11.7 Å². The highest BCUT2D eigenvalue weighted by atomic mass is 32.1. The zero-order valence-electron chi connectivity index (χ0n) is 14.8. The highest BCUT2D eigenvalue weighted by Gasteiger charge is 2.31. The molecule has 5 rings (SSSR count). The normalized spacial score (nSPS) is 17.0. The summed E-state index contributed by atoms with van der Waals surface area (Å²) in [6.07, 6.45) is 0.739. The van der Waals surface area contributed by atoms with Crippen molar-refractivity contribution < 1.29 is 18.5 Å². The van der Waals surface area contributed by atoms with E-state index >= 15 is 0 Å². The largest absolute Gasteiger partial charge is 0.420 e. The van der Waals surface area contributed by atoms with Crippen molar-refractivity contribution in [3.63, 3.8) is 0 Å². The van der Waals surface area contributed by atoms with Crippen LogP contribution in [0.4, 0.5) is 0 Å². The summed E-state index contributed by atoms with van der Waals surface area (Å²) in [5, 5.41) is 8.02. The molecule has 1 N–H and O–H groups in total. The Morgan fingerprint density at radius 3 is 2.97 bits per heavy atom. The summed E-state index contributed by atoms with van der Waals surface area (Å²) in [5.41, 5.74) is 3.96. The number of imide groups is 1. The van der Waals surface area contributed by atoms with E-state index in [1.807, 2.05) is 5.38 Å². The molecule has 0 aliphatic carbocycles. The molecule has 0 bridgehead atoms. The van der Waals surface area contributed by atoms with E-state index in [1.54, 1.807) is 23.7 Å². The molecule has 10 nitrogen and oxygen atoms in total. The summed E-state index contributed by atoms with van der Waals surface area (Å²) in [6, 6.07) is 4.40. The van der Waals surface area contributed by atoms with Crippen LogP contribution in [-0.4, -0.2) is 31.5 Å². The van der Waals surface area contributed by atoms with Gasteiger partial charge in [0, 0.05) is 11.8 Å². The van der Waals surface area contributed by atoms with Gasteiger partial charge in [-0.1, -0.05) is 11.2 Å². The average Bonchev–Trinajstić information content (AvgIpc) is 3.42. The van der Waals surface area contributed by atoms with Gasteiger partial charge in [0.25, 0.3) is 0 Å². The molecular formula is C18H13N5O5S. The molecule has 29 heavy (non-hydrogen) atoms. The molecule has 1 aliphatic rings. The van der Waals surface area contributed by atoms with Gasteiger partial charge >= 0.3 is 5.76 Å². The van der Waals surface area contributed by atoms with Gasteiger partial charge in [0.05, 0.1) is 17.4 Å². The maximum Gasteiger partial charge on any atom is 0.420 e. The third-order valence-corrected chi connectivity index (χ3v) is 5.27. The van der Waals surface area contributed by atoms with Gasteiger partial charge in [-0.25, -0.2) is 9.78 Å². The van der Waals surface area contributed by atoms with Crippen molar-refractivity contribution in [2.45, 2.75) is 25.3 Å². The van der Waals surface area contributed by atoms with Crippen LogP contribution in [0.1, 0.15) is 30.3 Å². The van der Waals surface area contributed by atoms with Gasteiger partial charge in [-0.3, -0.25) is 19.5 Å². The van der Waals surface area contributed by atoms with Crippen LogP contribution in [0.3, 0.4) is 0 Å². The molecule has 1 saturated heterocycles. The van der Waals surface area contributed by atoms with E-state index in [9.17, 15) is 14.4 Å². The Morgan fingerprint density at radius 1 is 1.28 bits per heavy atom. The number of piperidine rings is 1. The molecule has 146 valence electrons. The first-order valence-electron chi connectivity index (χ1n) is 8.77. The number of nitrogens with zero attached hydrogens (tertiary/aromatic N) is 4. The van der Waals surface area contributed by atoms with Crippen LogP contribution < -0.4 is 11.1 Å². The summed E-state index contributed by atoms with van der Waals surface area (Å²) >= 11 is 1.44. The molecule has 0 spiro atoms. The number of benzene rings is 1. The molecule has 4 heterocycles. The molecule has 1 aromatic carbocycles. The third-order valence-electron chi connectivity index (χ3n) is 4.68. The molecular weight excluding hydrogens is 398 g/mol. The lowest BCUT2D eigenvalue weighted by atomic mass is 10.1. The van der Waals surface area contributed by atoms with Crippen LogP contribution in [0.25, 0.3) is 22.6 Å². The number of nitrogens with one attached hydrogen (secondary N) is 1. The van der Waals surface area contributed by atoms with Crippen molar-refractivity contribution in [2.75, 3.05) is 0 Å². The van der Waals surface area contributed by atoms with Gasteiger partial charge < -0.3 is 8.94 Å². The van der Waals surface area contributed by atoms with Crippen molar-refractivity contribution in [3.8, 4) is 11.5 Å². The highest BCUT2D eigenvalue weighted by molar-refractivity contribution is 7.07. The Hall–Kier alpha value is -3.60. The minimum Gasteiger partial charge on any atom is -0.408 e. The lowest BCUT2D eigenvalue weighted by Crippen LogP contribution is -2.43. The second-order valence-electron chi connectivity index (χ2n) is 6.57. The van der Waals surface area contributed by atoms with E-state index in [0.717, 1.165) is 5.56 Å². The Bertz CT molecular complexity index is 1290. The minimum atomic E-state index is -0.795. The topological polar surface area (TPSA) is 133 Å². The maximum absolute atomic E-state index is 12.4. The van der Waals surface area contributed by atoms with E-state index in [4.69, 9.17) is 8.94 Å². The first-order chi connectivity index (χ1) is 14.1. The maximum atomic E-state index is 12.4. The average molecular weight is 411 g/mol. The summed E-state index contributed by atoms with van der Waals surface area (Å²) in [5.74, 6) is -0.701. The fraction of sp³-hybridized carbons (Fsp3) is 0.222. The molecule has 1 aliphatic heterocycles. The second-order valence-corrected chi connectivity index (χ2v) is 7.29. The van der Waals surface area contributed by atoms with Crippen LogP contribution in [0.2, 0.25) is 0 Å². The lowest BCUT2D eigenvalue weighted by Gasteiger charge is -2.21. The SMILES string of the molecule is O=C1CCC(n2c(=O)oc3ccc(Cc4nc(-c5cscn5)no4)cc32)C(=O)N1. The Labute approximate surface area is 166 Å². The summed E-state index contributed by atoms with van der Waals surface area (Å²) in [4.78, 5) is 44.5. The van der Waals surface area contributed by atoms with Gasteiger partial charge in [-0.05, 0) is 24.1 Å². The van der Waals surface area contributed by atoms with Gasteiger partial charge in [-0.15, -0.1) is 11.3 Å². The molecule has 2 amide bonds. The Balaban J connectivity index is 1.48. The fourth-order valence-corrected chi connectivity index (χ4v) is 3.87. The molecule has 4 aromatic rings. The van der Waals surface area contributed by atoms with Gasteiger partial charge in [0.15, 0.2) is 5.58 Å². The van der Waals surface area contributed by atoms with E-state index in [1.165, 1.54) is 15.9 Å². The quantitative estimate of drug-likeness (QED) is 0.501. The predicted molar refractivity (Wildman–Crippen MR) is 100 cm³/mol. The van der Waals surface area contributed by atoms with E-state index in [0.29, 0.717) is 34.9 Å². The van der Waals surface area contributed by atoms with Gasteiger partial charge in [-0.2, -0.15) is 4.98 Å².